The Morgan fingerprint density at radius 1 is 1.35 bits per heavy atom. The molecule has 0 fully saturated rings. The second-order valence-corrected chi connectivity index (χ2v) is 5.86. The number of carbonyl (C=O) groups excluding carboxylic acids is 1. The maximum atomic E-state index is 11.8. The van der Waals surface area contributed by atoms with E-state index in [1.165, 1.54) is 18.5 Å². The number of nitrogens with two attached hydrogens (primary N) is 1. The second-order valence-electron chi connectivity index (χ2n) is 4.30. The minimum atomic E-state index is -3.69. The zero-order valence-electron chi connectivity index (χ0n) is 10.8. The molecule has 106 valence electrons. The van der Waals surface area contributed by atoms with Crippen LogP contribution in [0.15, 0.2) is 41.7 Å². The third kappa shape index (κ3) is 3.43. The van der Waals surface area contributed by atoms with E-state index in [1.54, 1.807) is 29.9 Å². The van der Waals surface area contributed by atoms with Gasteiger partial charge in [0.2, 0.25) is 10.0 Å². The minimum Gasteiger partial charge on any atom is -0.347 e. The zero-order chi connectivity index (χ0) is 14.8. The Bertz CT molecular complexity index is 719. The Balaban J connectivity index is 1.99. The van der Waals surface area contributed by atoms with Crippen LogP contribution in [0.3, 0.4) is 0 Å². The van der Waals surface area contributed by atoms with Crippen molar-refractivity contribution in [3.8, 4) is 0 Å². The lowest BCUT2D eigenvalue weighted by Gasteiger charge is -2.04. The average molecular weight is 294 g/mol. The van der Waals surface area contributed by atoms with Crippen molar-refractivity contribution >= 4 is 15.9 Å². The molecular formula is C12H14N4O3S. The summed E-state index contributed by atoms with van der Waals surface area (Å²) in [5, 5.41) is 7.69. The van der Waals surface area contributed by atoms with Gasteiger partial charge in [-0.1, -0.05) is 12.1 Å². The normalized spacial score (nSPS) is 11.3. The third-order valence-corrected chi connectivity index (χ3v) is 3.57. The number of rotatable bonds is 4. The number of benzene rings is 1. The fraction of sp³-hybridized carbons (Fsp3) is 0.167. The smallest absolute Gasteiger partial charge is 0.271 e. The van der Waals surface area contributed by atoms with E-state index in [0.29, 0.717) is 5.69 Å². The first-order chi connectivity index (χ1) is 9.36. The molecule has 0 saturated carbocycles. The lowest BCUT2D eigenvalue weighted by molar-refractivity contribution is 0.0946. The van der Waals surface area contributed by atoms with Crippen LogP contribution in [0.2, 0.25) is 0 Å². The molecule has 1 aromatic carbocycles. The molecule has 3 N–H and O–H groups in total. The highest BCUT2D eigenvalue weighted by molar-refractivity contribution is 7.89. The average Bonchev–Trinajstić information content (AvgIpc) is 2.82. The van der Waals surface area contributed by atoms with Gasteiger partial charge in [-0.15, -0.1) is 0 Å². The van der Waals surface area contributed by atoms with Crippen molar-refractivity contribution in [2.45, 2.75) is 11.4 Å². The van der Waals surface area contributed by atoms with Crippen molar-refractivity contribution in [1.82, 2.24) is 14.9 Å². The molecule has 0 spiro atoms. The third-order valence-electron chi connectivity index (χ3n) is 2.64. The summed E-state index contributed by atoms with van der Waals surface area (Å²) < 4.78 is 23.9. The number of aryl methyl sites for hydroxylation is 1. The van der Waals surface area contributed by atoms with Crippen molar-refractivity contribution in [2.24, 2.45) is 12.2 Å². The molecule has 7 nitrogen and oxygen atoms in total. The largest absolute Gasteiger partial charge is 0.347 e. The predicted octanol–water partition coefficient (Wildman–Crippen LogP) is -0.00250. The molecule has 0 unspecified atom stereocenters. The van der Waals surface area contributed by atoms with Crippen LogP contribution in [0.1, 0.15) is 16.1 Å². The molecule has 0 bridgehead atoms. The van der Waals surface area contributed by atoms with Crippen LogP contribution in [0, 0.1) is 0 Å². The molecule has 2 rings (SSSR count). The van der Waals surface area contributed by atoms with E-state index >= 15 is 0 Å². The standard InChI is InChI=1S/C12H14N4O3S/c1-16-7-11(15-8-16)12(17)14-6-9-2-4-10(5-3-9)20(13,18)19/h2-5,7-8H,6H2,1H3,(H,14,17)(H2,13,18,19). The molecule has 8 heteroatoms. The van der Waals surface area contributed by atoms with Gasteiger partial charge >= 0.3 is 0 Å². The van der Waals surface area contributed by atoms with Gasteiger partial charge in [-0.3, -0.25) is 4.79 Å². The van der Waals surface area contributed by atoms with Crippen LogP contribution in [0.25, 0.3) is 0 Å². The Labute approximate surface area is 116 Å². The molecule has 2 aromatic rings. The molecule has 0 saturated heterocycles. The lowest BCUT2D eigenvalue weighted by Crippen LogP contribution is -2.23. The number of hydrogen-bond acceptors (Lipinski definition) is 4. The summed E-state index contributed by atoms with van der Waals surface area (Å²) in [7, 11) is -1.92. The van der Waals surface area contributed by atoms with Gasteiger partial charge in [0.25, 0.3) is 5.91 Å². The Morgan fingerprint density at radius 2 is 2.00 bits per heavy atom. The second kappa shape index (κ2) is 5.43. The van der Waals surface area contributed by atoms with E-state index in [0.717, 1.165) is 5.56 Å². The molecule has 1 heterocycles. The maximum absolute atomic E-state index is 11.8. The van der Waals surface area contributed by atoms with Crippen molar-refractivity contribution < 1.29 is 13.2 Å². The fourth-order valence-corrected chi connectivity index (χ4v) is 2.12. The number of carbonyl (C=O) groups is 1. The van der Waals surface area contributed by atoms with Crippen LogP contribution in [-0.4, -0.2) is 23.9 Å². The summed E-state index contributed by atoms with van der Waals surface area (Å²) >= 11 is 0. The summed E-state index contributed by atoms with van der Waals surface area (Å²) in [4.78, 5) is 15.7. The molecule has 0 atom stereocenters. The number of aromatic nitrogens is 2. The fourth-order valence-electron chi connectivity index (χ4n) is 1.60. The van der Waals surface area contributed by atoms with Gasteiger partial charge in [-0.2, -0.15) is 0 Å². The number of sulfonamides is 1. The zero-order valence-corrected chi connectivity index (χ0v) is 11.6. The van der Waals surface area contributed by atoms with E-state index in [-0.39, 0.29) is 17.3 Å². The monoisotopic (exact) mass is 294 g/mol. The quantitative estimate of drug-likeness (QED) is 0.827. The number of imidazole rings is 1. The summed E-state index contributed by atoms with van der Waals surface area (Å²) in [6.07, 6.45) is 3.15. The molecule has 1 aromatic heterocycles. The van der Waals surface area contributed by atoms with Gasteiger partial charge in [-0.05, 0) is 17.7 Å². The number of hydrogen-bond donors (Lipinski definition) is 2. The molecule has 0 aliphatic carbocycles. The first-order valence-electron chi connectivity index (χ1n) is 5.74. The highest BCUT2D eigenvalue weighted by atomic mass is 32.2. The topological polar surface area (TPSA) is 107 Å². The summed E-state index contributed by atoms with van der Waals surface area (Å²) in [6, 6.07) is 5.99. The highest BCUT2D eigenvalue weighted by Crippen LogP contribution is 2.08. The Kier molecular flexibility index (Phi) is 3.86. The van der Waals surface area contributed by atoms with Gasteiger partial charge in [-0.25, -0.2) is 18.5 Å². The number of amides is 1. The Morgan fingerprint density at radius 3 is 2.50 bits per heavy atom. The molecule has 1 amide bonds. The van der Waals surface area contributed by atoms with E-state index in [9.17, 15) is 13.2 Å². The first kappa shape index (κ1) is 14.2. The van der Waals surface area contributed by atoms with Crippen LogP contribution in [0.5, 0.6) is 0 Å². The van der Waals surface area contributed by atoms with Crippen LogP contribution in [-0.2, 0) is 23.6 Å². The maximum Gasteiger partial charge on any atom is 0.271 e. The van der Waals surface area contributed by atoms with Crippen LogP contribution >= 0.6 is 0 Å². The summed E-state index contributed by atoms with van der Waals surface area (Å²) in [5.74, 6) is -0.291. The van der Waals surface area contributed by atoms with Crippen molar-refractivity contribution in [2.75, 3.05) is 0 Å². The summed E-state index contributed by atoms with van der Waals surface area (Å²) in [6.45, 7) is 0.278. The van der Waals surface area contributed by atoms with Crippen molar-refractivity contribution in [1.29, 1.82) is 0 Å². The van der Waals surface area contributed by atoms with Crippen LogP contribution < -0.4 is 10.5 Å². The van der Waals surface area contributed by atoms with E-state index in [1.807, 2.05) is 0 Å². The molecule has 20 heavy (non-hydrogen) atoms. The molecule has 0 aliphatic heterocycles. The SMILES string of the molecule is Cn1cnc(C(=O)NCc2ccc(S(N)(=O)=O)cc2)c1. The molecule has 0 aliphatic rings. The molecular weight excluding hydrogens is 280 g/mol. The minimum absolute atomic E-state index is 0.0392. The van der Waals surface area contributed by atoms with E-state index in [2.05, 4.69) is 10.3 Å². The number of primary sulfonamides is 1. The summed E-state index contributed by atoms with van der Waals surface area (Å²) in [5.41, 5.74) is 1.09. The van der Waals surface area contributed by atoms with Gasteiger partial charge < -0.3 is 9.88 Å². The number of nitrogens with zero attached hydrogens (tertiary/aromatic N) is 2. The highest BCUT2D eigenvalue weighted by Gasteiger charge is 2.09. The van der Waals surface area contributed by atoms with Crippen LogP contribution in [0.4, 0.5) is 0 Å². The van der Waals surface area contributed by atoms with E-state index in [4.69, 9.17) is 5.14 Å². The first-order valence-corrected chi connectivity index (χ1v) is 7.29. The Hall–Kier alpha value is -2.19. The van der Waals surface area contributed by atoms with Gasteiger partial charge in [0.05, 0.1) is 11.2 Å². The predicted molar refractivity (Wildman–Crippen MR) is 72.2 cm³/mol. The van der Waals surface area contributed by atoms with Gasteiger partial charge in [0.1, 0.15) is 5.69 Å². The van der Waals surface area contributed by atoms with E-state index < -0.39 is 10.0 Å². The van der Waals surface area contributed by atoms with Crippen molar-refractivity contribution in [3.63, 3.8) is 0 Å². The number of nitrogens with one attached hydrogen (secondary N) is 1. The molecule has 0 radical (unpaired) electrons. The van der Waals surface area contributed by atoms with Crippen molar-refractivity contribution in [3.05, 3.63) is 48.0 Å². The van der Waals surface area contributed by atoms with Gasteiger partial charge in [0.15, 0.2) is 0 Å². The lowest BCUT2D eigenvalue weighted by atomic mass is 10.2. The van der Waals surface area contributed by atoms with Gasteiger partial charge in [0, 0.05) is 19.8 Å².